The van der Waals surface area contributed by atoms with Crippen molar-refractivity contribution in [1.29, 1.82) is 0 Å². The monoisotopic (exact) mass is 390 g/mol. The molecule has 0 saturated carbocycles. The minimum Gasteiger partial charge on any atom is -0.506 e. The molecule has 1 aliphatic heterocycles. The minimum atomic E-state index is -1.99. The average molecular weight is 390 g/mol. The Kier molecular flexibility index (Phi) is 4.11. The highest BCUT2D eigenvalue weighted by atomic mass is 32.2. The van der Waals surface area contributed by atoms with Crippen LogP contribution in [0.2, 0.25) is 0 Å². The molecule has 1 amide bonds. The molecular formula is C17H12F2N4O3S. The molecule has 27 heavy (non-hydrogen) atoms. The van der Waals surface area contributed by atoms with Crippen LogP contribution in [-0.4, -0.2) is 31.3 Å². The molecule has 2 heterocycles. The zero-order valence-corrected chi connectivity index (χ0v) is 14.4. The summed E-state index contributed by atoms with van der Waals surface area (Å²) >= 11 is -1.99. The lowest BCUT2D eigenvalue weighted by Gasteiger charge is -2.17. The van der Waals surface area contributed by atoms with Crippen LogP contribution in [0.3, 0.4) is 0 Å². The van der Waals surface area contributed by atoms with E-state index in [1.54, 1.807) is 6.07 Å². The van der Waals surface area contributed by atoms with Crippen LogP contribution in [0.25, 0.3) is 16.9 Å². The van der Waals surface area contributed by atoms with E-state index in [2.05, 4.69) is 9.71 Å². The van der Waals surface area contributed by atoms with Gasteiger partial charge in [0, 0.05) is 17.4 Å². The minimum absolute atomic E-state index is 0.0364. The summed E-state index contributed by atoms with van der Waals surface area (Å²) in [5.74, 6) is -2.29. The molecule has 2 N–H and O–H groups in total. The number of imidazole rings is 1. The van der Waals surface area contributed by atoms with Gasteiger partial charge in [0.05, 0.1) is 12.0 Å². The summed E-state index contributed by atoms with van der Waals surface area (Å²) < 4.78 is 45.0. The summed E-state index contributed by atoms with van der Waals surface area (Å²) in [6.07, 6.45) is 2.90. The van der Waals surface area contributed by atoms with E-state index in [9.17, 15) is 18.5 Å². The first-order chi connectivity index (χ1) is 12.9. The molecule has 0 bridgehead atoms. The van der Waals surface area contributed by atoms with Gasteiger partial charge in [-0.1, -0.05) is 6.07 Å². The molecule has 1 aromatic heterocycles. The normalized spacial score (nSPS) is 16.6. The van der Waals surface area contributed by atoms with E-state index in [0.717, 1.165) is 4.31 Å². The molecule has 1 aliphatic rings. The van der Waals surface area contributed by atoms with Gasteiger partial charge in [0.25, 0.3) is 5.91 Å². The topological polar surface area (TPSA) is 87.5 Å². The first kappa shape index (κ1) is 17.2. The van der Waals surface area contributed by atoms with Gasteiger partial charge < -0.3 is 9.67 Å². The van der Waals surface area contributed by atoms with Gasteiger partial charge in [-0.2, -0.15) is 0 Å². The third-order valence-corrected chi connectivity index (χ3v) is 5.11. The summed E-state index contributed by atoms with van der Waals surface area (Å²) in [4.78, 5) is 15.5. The number of carbonyl (C=O) groups excluding carboxylic acids is 1. The van der Waals surface area contributed by atoms with Crippen molar-refractivity contribution < 1.29 is 22.9 Å². The number of amides is 1. The number of hydrogen-bond donors (Lipinski definition) is 2. The van der Waals surface area contributed by atoms with Crippen LogP contribution in [0.15, 0.2) is 48.9 Å². The number of phenolic OH excluding ortho intramolecular Hbond substituents is 1. The number of phenols is 1. The Bertz CT molecular complexity index is 1090. The van der Waals surface area contributed by atoms with Crippen molar-refractivity contribution in [2.45, 2.75) is 0 Å². The van der Waals surface area contributed by atoms with Gasteiger partial charge in [0.1, 0.15) is 23.8 Å². The Morgan fingerprint density at radius 3 is 2.74 bits per heavy atom. The fraction of sp³-hybridized carbons (Fsp3) is 0.0588. The number of aromatic hydroxyl groups is 1. The molecule has 10 heteroatoms. The highest BCUT2D eigenvalue weighted by Crippen LogP contribution is 2.37. The lowest BCUT2D eigenvalue weighted by atomic mass is 10.1. The summed E-state index contributed by atoms with van der Waals surface area (Å²) in [6.45, 7) is -0.349. The fourth-order valence-electron chi connectivity index (χ4n) is 2.77. The van der Waals surface area contributed by atoms with Crippen LogP contribution in [0.1, 0.15) is 0 Å². The van der Waals surface area contributed by atoms with Gasteiger partial charge in [-0.15, -0.1) is 0 Å². The molecule has 1 atom stereocenters. The molecule has 1 fully saturated rings. The molecular weight excluding hydrogens is 378 g/mol. The van der Waals surface area contributed by atoms with Crippen molar-refractivity contribution in [2.75, 3.05) is 10.8 Å². The molecule has 3 aromatic rings. The smallest absolute Gasteiger partial charge is 0.253 e. The van der Waals surface area contributed by atoms with Gasteiger partial charge in [0.15, 0.2) is 5.82 Å². The molecule has 138 valence electrons. The Balaban J connectivity index is 1.76. The van der Waals surface area contributed by atoms with Crippen LogP contribution >= 0.6 is 0 Å². The van der Waals surface area contributed by atoms with E-state index in [-0.39, 0.29) is 23.5 Å². The van der Waals surface area contributed by atoms with Crippen molar-refractivity contribution in [3.05, 3.63) is 60.6 Å². The third-order valence-electron chi connectivity index (χ3n) is 4.00. The lowest BCUT2D eigenvalue weighted by Crippen LogP contribution is -2.23. The summed E-state index contributed by atoms with van der Waals surface area (Å²) in [5, 5.41) is 10.0. The molecule has 0 spiro atoms. The quantitative estimate of drug-likeness (QED) is 0.717. The van der Waals surface area contributed by atoms with Crippen LogP contribution in [0.5, 0.6) is 5.75 Å². The van der Waals surface area contributed by atoms with E-state index >= 15 is 4.39 Å². The molecule has 4 rings (SSSR count). The zero-order valence-electron chi connectivity index (χ0n) is 13.6. The van der Waals surface area contributed by atoms with Crippen molar-refractivity contribution in [3.8, 4) is 22.7 Å². The largest absolute Gasteiger partial charge is 0.506 e. The van der Waals surface area contributed by atoms with Crippen molar-refractivity contribution in [3.63, 3.8) is 0 Å². The number of carbonyl (C=O) groups is 1. The average Bonchev–Trinajstić information content (AvgIpc) is 3.22. The Labute approximate surface area is 154 Å². The molecule has 2 aromatic carbocycles. The number of benzene rings is 2. The van der Waals surface area contributed by atoms with Gasteiger partial charge in [0.2, 0.25) is 11.2 Å². The second kappa shape index (κ2) is 6.47. The van der Waals surface area contributed by atoms with Gasteiger partial charge in [-0.05, 0) is 30.3 Å². The second-order valence-corrected chi connectivity index (χ2v) is 6.90. The zero-order chi connectivity index (χ0) is 19.1. The summed E-state index contributed by atoms with van der Waals surface area (Å²) in [5.41, 5.74) is 0.407. The number of hydrogen-bond acceptors (Lipinski definition) is 4. The Morgan fingerprint density at radius 2 is 2.04 bits per heavy atom. The van der Waals surface area contributed by atoms with Crippen molar-refractivity contribution in [1.82, 2.24) is 14.3 Å². The fourth-order valence-corrected chi connectivity index (χ4v) is 3.71. The number of rotatable bonds is 3. The highest BCUT2D eigenvalue weighted by molar-refractivity contribution is 7.85. The second-order valence-electron chi connectivity index (χ2n) is 5.75. The highest BCUT2D eigenvalue weighted by Gasteiger charge is 2.32. The van der Waals surface area contributed by atoms with Crippen molar-refractivity contribution in [2.24, 2.45) is 0 Å². The molecule has 0 radical (unpaired) electrons. The molecule has 0 aliphatic carbocycles. The van der Waals surface area contributed by atoms with E-state index < -0.39 is 34.5 Å². The predicted octanol–water partition coefficient (Wildman–Crippen LogP) is 2.04. The van der Waals surface area contributed by atoms with Crippen molar-refractivity contribution >= 4 is 22.8 Å². The SMILES string of the molecule is O=C1CN(c2c(O)ccc(-c3cn(-c4cccc(F)c4)cn3)c2F)S(=O)N1. The third kappa shape index (κ3) is 3.04. The van der Waals surface area contributed by atoms with E-state index in [0.29, 0.717) is 5.69 Å². The van der Waals surface area contributed by atoms with E-state index in [4.69, 9.17) is 0 Å². The number of nitrogens with one attached hydrogen (secondary N) is 1. The van der Waals surface area contributed by atoms with E-state index in [1.807, 2.05) is 0 Å². The number of anilines is 1. The Morgan fingerprint density at radius 1 is 1.22 bits per heavy atom. The van der Waals surface area contributed by atoms with Crippen LogP contribution < -0.4 is 9.03 Å². The van der Waals surface area contributed by atoms with Crippen LogP contribution in [0, 0.1) is 11.6 Å². The van der Waals surface area contributed by atoms with E-state index in [1.165, 1.54) is 47.4 Å². The van der Waals surface area contributed by atoms with Crippen LogP contribution in [0.4, 0.5) is 14.5 Å². The number of halogens is 2. The first-order valence-electron chi connectivity index (χ1n) is 7.74. The first-order valence-corrected chi connectivity index (χ1v) is 8.85. The maximum atomic E-state index is 15.1. The standard InChI is InChI=1S/C17H12F2N4O3S/c18-10-2-1-3-11(6-10)22-7-13(20-9-22)12-4-5-14(24)17(16(12)19)23-8-15(25)21-27(23)26/h1-7,9,24H,8H2,(H,21,25). The van der Waals surface area contributed by atoms with Gasteiger partial charge in [-0.25, -0.2) is 18.0 Å². The molecule has 1 saturated heterocycles. The number of nitrogens with zero attached hydrogens (tertiary/aromatic N) is 3. The summed E-state index contributed by atoms with van der Waals surface area (Å²) in [7, 11) is 0. The lowest BCUT2D eigenvalue weighted by molar-refractivity contribution is -0.117. The van der Waals surface area contributed by atoms with Gasteiger partial charge in [-0.3, -0.25) is 13.8 Å². The maximum Gasteiger partial charge on any atom is 0.253 e. The maximum absolute atomic E-state index is 15.1. The predicted molar refractivity (Wildman–Crippen MR) is 94.2 cm³/mol. The molecule has 7 nitrogen and oxygen atoms in total. The van der Waals surface area contributed by atoms with Gasteiger partial charge >= 0.3 is 0 Å². The number of aromatic nitrogens is 2. The molecule has 1 unspecified atom stereocenters. The summed E-state index contributed by atoms with van der Waals surface area (Å²) in [6, 6.07) is 8.36. The Hall–Kier alpha value is -3.27. The van der Waals surface area contributed by atoms with Crippen LogP contribution in [-0.2, 0) is 16.0 Å².